The second-order valence-electron chi connectivity index (χ2n) is 5.07. The Morgan fingerprint density at radius 1 is 0.852 bits per heavy atom. The smallest absolute Gasteiger partial charge is 3.00 e. The molecule has 6 nitrogen and oxygen atoms in total. The summed E-state index contributed by atoms with van der Waals surface area (Å²) >= 11 is 0. The van der Waals surface area contributed by atoms with Crippen molar-refractivity contribution < 1.29 is 47.6 Å². The van der Waals surface area contributed by atoms with Crippen LogP contribution in [0, 0.1) is 13.8 Å². The third-order valence-corrected chi connectivity index (χ3v) is 2.64. The van der Waals surface area contributed by atoms with Crippen molar-refractivity contribution in [2.75, 3.05) is 13.1 Å². The zero-order chi connectivity index (χ0) is 19.9. The first-order valence-electron chi connectivity index (χ1n) is 7.17. The Balaban J connectivity index is 0.000000728. The maximum Gasteiger partial charge on any atom is 3.00 e. The van der Waals surface area contributed by atoms with Gasteiger partial charge in [0, 0.05) is 25.5 Å². The molecule has 0 fully saturated rings. The number of imidazole rings is 2. The van der Waals surface area contributed by atoms with E-state index in [9.17, 15) is 25.2 Å². The Morgan fingerprint density at radius 2 is 1.19 bits per heavy atom. The summed E-state index contributed by atoms with van der Waals surface area (Å²) in [5.74, 6) is 0. The van der Waals surface area contributed by atoms with Gasteiger partial charge in [-0.25, -0.2) is 0 Å². The van der Waals surface area contributed by atoms with Crippen molar-refractivity contribution in [3.05, 3.63) is 35.4 Å². The van der Waals surface area contributed by atoms with Gasteiger partial charge in [0.25, 0.3) is 0 Å². The second kappa shape index (κ2) is 9.14. The van der Waals surface area contributed by atoms with E-state index in [1.165, 1.54) is 0 Å². The fourth-order valence-corrected chi connectivity index (χ4v) is 1.48. The van der Waals surface area contributed by atoms with E-state index in [4.69, 9.17) is 0 Å². The summed E-state index contributed by atoms with van der Waals surface area (Å²) in [6.07, 6.45) is 7.51. The molecule has 2 heterocycles. The zero-order valence-corrected chi connectivity index (χ0v) is 17.2. The van der Waals surface area contributed by atoms with Gasteiger partial charge in [0.05, 0.1) is 0 Å². The number of aryl methyl sites for hydroxylation is 2. The fourth-order valence-electron chi connectivity index (χ4n) is 1.48. The Morgan fingerprint density at radius 3 is 1.44 bits per heavy atom. The van der Waals surface area contributed by atoms with E-state index >= 15 is 0 Å². The summed E-state index contributed by atoms with van der Waals surface area (Å²) in [6, 6.07) is 0. The molecule has 0 aliphatic heterocycles. The number of nitrogens with zero attached hydrogens (tertiary/aromatic N) is 6. The number of halogens is 6. The molecule has 0 atom stereocenters. The van der Waals surface area contributed by atoms with Crippen LogP contribution in [-0.4, -0.2) is 35.5 Å². The van der Waals surface area contributed by atoms with Crippen molar-refractivity contribution in [3.63, 3.8) is 0 Å². The van der Waals surface area contributed by atoms with Gasteiger partial charge < -0.3 is 19.9 Å². The maximum absolute atomic E-state index is 10.7. The maximum atomic E-state index is 9.87. The normalized spacial score (nSPS) is 14.4. The van der Waals surface area contributed by atoms with Crippen molar-refractivity contribution in [3.8, 4) is 0 Å². The zero-order valence-electron chi connectivity index (χ0n) is 14.1. The first-order valence-corrected chi connectivity index (χ1v) is 9.20. The van der Waals surface area contributed by atoms with Gasteiger partial charge in [-0.05, 0) is 31.7 Å². The summed E-state index contributed by atoms with van der Waals surface area (Å²) in [5.41, 5.74) is 3.50. The number of hydrogen-bond donors (Lipinski definition) is 0. The molecule has 0 saturated carbocycles. The molecule has 2 aromatic rings. The molecule has 0 amide bonds. The molecule has 2 rings (SSSR count). The van der Waals surface area contributed by atoms with E-state index < -0.39 is 7.81 Å². The largest absolute Gasteiger partial charge is 3.00 e. The molecule has 0 unspecified atom stereocenters. The van der Waals surface area contributed by atoms with E-state index in [1.807, 2.05) is 13.8 Å². The standard InChI is InChI=1S/C13H16N6.Au.F6P/c1-10-12(18-8-16-10)6-14-4-3-5-15-7-13-11(2)17-9-19-13;;1-7(2,3,4,5)6/h6-9H,3-5H2,1-2H3;;/q-2;+3;-1. The summed E-state index contributed by atoms with van der Waals surface area (Å²) in [6.45, 7) is 5.30. The van der Waals surface area contributed by atoms with Gasteiger partial charge in [-0.2, -0.15) is 0 Å². The fraction of sp³-hybridized carbons (Fsp3) is 0.385. The summed E-state index contributed by atoms with van der Waals surface area (Å²) in [5, 5.41) is 0. The third kappa shape index (κ3) is 15.3. The van der Waals surface area contributed by atoms with Crippen molar-refractivity contribution in [1.29, 1.82) is 0 Å². The van der Waals surface area contributed by atoms with Crippen LogP contribution < -0.4 is 9.97 Å². The predicted molar refractivity (Wildman–Crippen MR) is 87.7 cm³/mol. The molecule has 0 spiro atoms. The first kappa shape index (κ1) is 25.5. The number of hydrogen-bond acceptors (Lipinski definition) is 4. The molecular formula is C13H16AuF6N6P. The van der Waals surface area contributed by atoms with Crippen LogP contribution in [0.15, 0.2) is 22.6 Å². The van der Waals surface area contributed by atoms with Gasteiger partial charge in [0.1, 0.15) is 0 Å². The molecule has 0 saturated heterocycles. The third-order valence-electron chi connectivity index (χ3n) is 2.64. The minimum Gasteiger partial charge on any atom is 3.00 e. The van der Waals surface area contributed by atoms with Gasteiger partial charge in [0.2, 0.25) is 0 Å². The Bertz CT molecular complexity index is 706. The molecule has 0 radical (unpaired) electrons. The van der Waals surface area contributed by atoms with Gasteiger partial charge in [-0.1, -0.05) is 24.0 Å². The quantitative estimate of drug-likeness (QED) is 0.163. The van der Waals surface area contributed by atoms with E-state index in [0.717, 1.165) is 42.3 Å². The summed E-state index contributed by atoms with van der Waals surface area (Å²) < 4.78 is 59.2. The average molecular weight is 598 g/mol. The van der Waals surface area contributed by atoms with Crippen LogP contribution >= 0.6 is 7.81 Å². The van der Waals surface area contributed by atoms with Crippen molar-refractivity contribution in [2.24, 2.45) is 9.98 Å². The molecule has 156 valence electrons. The molecule has 0 aliphatic carbocycles. The Hall–Kier alpha value is -1.49. The van der Waals surface area contributed by atoms with E-state index in [-0.39, 0.29) is 22.4 Å². The van der Waals surface area contributed by atoms with Gasteiger partial charge >= 0.3 is 55.4 Å². The second-order valence-corrected chi connectivity index (χ2v) is 6.99. The van der Waals surface area contributed by atoms with Crippen LogP contribution in [0.5, 0.6) is 0 Å². The summed E-state index contributed by atoms with van der Waals surface area (Å²) in [4.78, 5) is 24.9. The molecule has 14 heteroatoms. The molecule has 0 bridgehead atoms. The average Bonchev–Trinajstić information content (AvgIpc) is 3.04. The number of rotatable bonds is 6. The summed E-state index contributed by atoms with van der Waals surface area (Å²) in [7, 11) is -10.7. The van der Waals surface area contributed by atoms with Crippen molar-refractivity contribution >= 4 is 20.2 Å². The molecule has 0 aromatic carbocycles. The van der Waals surface area contributed by atoms with Crippen LogP contribution in [0.4, 0.5) is 25.2 Å². The molecular weight excluding hydrogens is 582 g/mol. The molecule has 0 aliphatic rings. The monoisotopic (exact) mass is 598 g/mol. The first-order chi connectivity index (χ1) is 11.7. The SMILES string of the molecule is Cc1nc[n-]c1C=NCCCN=Cc1[n-]cnc1C.F[P-](F)(F)(F)(F)F.[Au+3]. The number of aromatic nitrogens is 4. The Kier molecular flexibility index (Phi) is 8.63. The van der Waals surface area contributed by atoms with Crippen LogP contribution in [0.2, 0.25) is 0 Å². The van der Waals surface area contributed by atoms with Crippen molar-refractivity contribution in [1.82, 2.24) is 19.9 Å². The topological polar surface area (TPSA) is 78.7 Å². The van der Waals surface area contributed by atoms with Gasteiger partial charge in [-0.15, -0.1) is 0 Å². The van der Waals surface area contributed by atoms with Crippen molar-refractivity contribution in [2.45, 2.75) is 20.3 Å². The van der Waals surface area contributed by atoms with E-state index in [2.05, 4.69) is 29.9 Å². The van der Waals surface area contributed by atoms with E-state index in [1.54, 1.807) is 25.1 Å². The van der Waals surface area contributed by atoms with Gasteiger partial charge in [0.15, 0.2) is 0 Å². The van der Waals surface area contributed by atoms with Crippen LogP contribution in [0.1, 0.15) is 29.2 Å². The van der Waals surface area contributed by atoms with Crippen LogP contribution in [0.25, 0.3) is 0 Å². The van der Waals surface area contributed by atoms with E-state index in [0.29, 0.717) is 0 Å². The molecule has 0 N–H and O–H groups in total. The minimum atomic E-state index is -10.7. The minimum absolute atomic E-state index is 0. The Labute approximate surface area is 166 Å². The molecule has 2 aromatic heterocycles. The molecule has 27 heavy (non-hydrogen) atoms. The van der Waals surface area contributed by atoms with Crippen LogP contribution in [0.3, 0.4) is 0 Å². The number of aliphatic imine (C=N–C) groups is 2. The van der Waals surface area contributed by atoms with Crippen LogP contribution in [-0.2, 0) is 22.4 Å². The van der Waals surface area contributed by atoms with Gasteiger partial charge in [-0.3, -0.25) is 9.98 Å². The predicted octanol–water partition coefficient (Wildman–Crippen LogP) is 4.32.